The number of aryl methyl sites for hydroxylation is 2. The average molecular weight is 313 g/mol. The molecule has 23 heavy (non-hydrogen) atoms. The van der Waals surface area contributed by atoms with Gasteiger partial charge in [-0.2, -0.15) is 9.97 Å². The maximum atomic E-state index is 11.4. The topological polar surface area (TPSA) is 111 Å². The van der Waals surface area contributed by atoms with Crippen LogP contribution in [0.2, 0.25) is 0 Å². The molecule has 1 aromatic carbocycles. The van der Waals surface area contributed by atoms with Gasteiger partial charge in [-0.15, -0.1) is 0 Å². The van der Waals surface area contributed by atoms with E-state index in [1.165, 1.54) is 7.11 Å². The molecule has 0 saturated heterocycles. The molecule has 0 spiro atoms. The molecule has 0 saturated carbocycles. The molecule has 2 aromatic heterocycles. The lowest BCUT2D eigenvalue weighted by Gasteiger charge is -2.02. The normalized spacial score (nSPS) is 10.8. The Labute approximate surface area is 131 Å². The van der Waals surface area contributed by atoms with Gasteiger partial charge in [-0.1, -0.05) is 12.1 Å². The number of hydrogen-bond acceptors (Lipinski definition) is 7. The Bertz CT molecular complexity index is 856. The van der Waals surface area contributed by atoms with E-state index in [9.17, 15) is 9.90 Å². The number of carbonyl (C=O) groups is 1. The van der Waals surface area contributed by atoms with Gasteiger partial charge in [-0.05, 0) is 30.2 Å². The van der Waals surface area contributed by atoms with Crippen molar-refractivity contribution in [3.05, 3.63) is 47.2 Å². The quantitative estimate of drug-likeness (QED) is 0.709. The van der Waals surface area contributed by atoms with Gasteiger partial charge in [0.15, 0.2) is 0 Å². The van der Waals surface area contributed by atoms with Gasteiger partial charge in [0.1, 0.15) is 11.1 Å². The second-order valence-electron chi connectivity index (χ2n) is 5.03. The number of ether oxygens (including phenoxy) is 1. The summed E-state index contributed by atoms with van der Waals surface area (Å²) in [6, 6.07) is 8.87. The molecule has 0 aliphatic heterocycles. The minimum Gasteiger partial charge on any atom is -0.493 e. The molecule has 0 amide bonds. The Hall–Kier alpha value is -3.09. The van der Waals surface area contributed by atoms with E-state index >= 15 is 0 Å². The van der Waals surface area contributed by atoms with E-state index in [1.54, 1.807) is 18.2 Å². The van der Waals surface area contributed by atoms with Crippen LogP contribution < -0.4 is 5.73 Å². The standard InChI is InChI=1S/C16H15N3O4/c1-22-15(21)10-5-2-9(3-6-10)4-7-11-8-12-13(20)18-16(17)19-14(12)23-11/h2-3,5-6,8H,4,7H2,1H3,(H3,17,18,19,20). The minimum atomic E-state index is -0.361. The number of nitrogens with zero attached hydrogens (tertiary/aromatic N) is 2. The van der Waals surface area contributed by atoms with Gasteiger partial charge in [-0.3, -0.25) is 0 Å². The van der Waals surface area contributed by atoms with Crippen molar-refractivity contribution in [1.82, 2.24) is 9.97 Å². The van der Waals surface area contributed by atoms with E-state index in [0.717, 1.165) is 5.56 Å². The highest BCUT2D eigenvalue weighted by Gasteiger charge is 2.12. The van der Waals surface area contributed by atoms with Crippen molar-refractivity contribution in [2.24, 2.45) is 0 Å². The molecule has 7 heteroatoms. The van der Waals surface area contributed by atoms with Crippen molar-refractivity contribution in [3.8, 4) is 5.88 Å². The summed E-state index contributed by atoms with van der Waals surface area (Å²) in [6.45, 7) is 0. The zero-order valence-electron chi connectivity index (χ0n) is 12.4. The molecule has 118 valence electrons. The number of furan rings is 1. The van der Waals surface area contributed by atoms with Crippen LogP contribution >= 0.6 is 0 Å². The first-order chi connectivity index (χ1) is 11.1. The summed E-state index contributed by atoms with van der Waals surface area (Å²) >= 11 is 0. The molecular weight excluding hydrogens is 298 g/mol. The number of anilines is 1. The fourth-order valence-corrected chi connectivity index (χ4v) is 2.29. The van der Waals surface area contributed by atoms with Crippen molar-refractivity contribution >= 4 is 23.0 Å². The number of nitrogen functional groups attached to an aromatic ring is 1. The first-order valence-corrected chi connectivity index (χ1v) is 6.99. The highest BCUT2D eigenvalue weighted by molar-refractivity contribution is 5.89. The maximum Gasteiger partial charge on any atom is 0.337 e. The molecule has 7 nitrogen and oxygen atoms in total. The largest absolute Gasteiger partial charge is 0.493 e. The van der Waals surface area contributed by atoms with Gasteiger partial charge < -0.3 is 20.0 Å². The van der Waals surface area contributed by atoms with Crippen molar-refractivity contribution in [2.75, 3.05) is 12.8 Å². The van der Waals surface area contributed by atoms with E-state index in [-0.39, 0.29) is 23.5 Å². The van der Waals surface area contributed by atoms with Crippen molar-refractivity contribution in [3.63, 3.8) is 0 Å². The fraction of sp³-hybridized carbons (Fsp3) is 0.188. The summed E-state index contributed by atoms with van der Waals surface area (Å²) in [4.78, 5) is 19.0. The molecule has 2 heterocycles. The minimum absolute atomic E-state index is 0.0331. The van der Waals surface area contributed by atoms with Crippen LogP contribution in [0.1, 0.15) is 21.7 Å². The summed E-state index contributed by atoms with van der Waals surface area (Å²) in [5.74, 6) is 0.0898. The van der Waals surface area contributed by atoms with E-state index in [0.29, 0.717) is 29.6 Å². The lowest BCUT2D eigenvalue weighted by Crippen LogP contribution is -2.01. The first-order valence-electron chi connectivity index (χ1n) is 6.99. The van der Waals surface area contributed by atoms with E-state index in [2.05, 4.69) is 14.7 Å². The zero-order chi connectivity index (χ0) is 16.4. The summed E-state index contributed by atoms with van der Waals surface area (Å²) in [5.41, 5.74) is 7.30. The molecular formula is C16H15N3O4. The van der Waals surface area contributed by atoms with Crippen LogP contribution in [0.15, 0.2) is 34.7 Å². The van der Waals surface area contributed by atoms with Crippen LogP contribution in [0.25, 0.3) is 11.1 Å². The van der Waals surface area contributed by atoms with Crippen molar-refractivity contribution < 1.29 is 19.1 Å². The van der Waals surface area contributed by atoms with Crippen LogP contribution in [0, 0.1) is 0 Å². The number of fused-ring (bicyclic) bond motifs is 1. The third-order valence-electron chi connectivity index (χ3n) is 3.48. The fourth-order valence-electron chi connectivity index (χ4n) is 2.29. The van der Waals surface area contributed by atoms with Gasteiger partial charge in [-0.25, -0.2) is 4.79 Å². The van der Waals surface area contributed by atoms with Gasteiger partial charge in [0.25, 0.3) is 0 Å². The molecule has 3 aromatic rings. The third-order valence-corrected chi connectivity index (χ3v) is 3.48. The summed E-state index contributed by atoms with van der Waals surface area (Å²) < 4.78 is 10.2. The molecule has 0 fully saturated rings. The number of nitrogens with two attached hydrogens (primary N) is 1. The number of esters is 1. The van der Waals surface area contributed by atoms with Crippen molar-refractivity contribution in [2.45, 2.75) is 12.8 Å². The predicted molar refractivity (Wildman–Crippen MR) is 83.1 cm³/mol. The van der Waals surface area contributed by atoms with Gasteiger partial charge in [0.05, 0.1) is 12.7 Å². The second kappa shape index (κ2) is 5.96. The third kappa shape index (κ3) is 3.08. The zero-order valence-corrected chi connectivity index (χ0v) is 12.4. The Kier molecular flexibility index (Phi) is 3.84. The first kappa shape index (κ1) is 14.8. The monoisotopic (exact) mass is 313 g/mol. The van der Waals surface area contributed by atoms with Crippen LogP contribution in [0.4, 0.5) is 5.95 Å². The van der Waals surface area contributed by atoms with Crippen LogP contribution in [-0.2, 0) is 17.6 Å². The number of benzene rings is 1. The van der Waals surface area contributed by atoms with Gasteiger partial charge in [0.2, 0.25) is 17.5 Å². The predicted octanol–water partition coefficient (Wildman–Crippen LogP) is 2.08. The molecule has 0 aliphatic rings. The van der Waals surface area contributed by atoms with Crippen molar-refractivity contribution in [1.29, 1.82) is 0 Å². The number of aromatic hydroxyl groups is 1. The molecule has 0 radical (unpaired) electrons. The second-order valence-corrected chi connectivity index (χ2v) is 5.03. The number of methoxy groups -OCH3 is 1. The molecule has 0 aliphatic carbocycles. The Balaban J connectivity index is 1.73. The highest BCUT2D eigenvalue weighted by Crippen LogP contribution is 2.26. The molecule has 3 rings (SSSR count). The average Bonchev–Trinajstić information content (AvgIpc) is 2.96. The molecule has 0 unspecified atom stereocenters. The number of aromatic nitrogens is 2. The number of carbonyl (C=O) groups excluding carboxylic acids is 1. The SMILES string of the molecule is COC(=O)c1ccc(CCc2cc3c(O)nc(N)nc3o2)cc1. The lowest BCUT2D eigenvalue weighted by atomic mass is 10.1. The smallest absolute Gasteiger partial charge is 0.337 e. The summed E-state index contributed by atoms with van der Waals surface area (Å²) in [5, 5.41) is 10.2. The highest BCUT2D eigenvalue weighted by atomic mass is 16.5. The summed E-state index contributed by atoms with van der Waals surface area (Å²) in [6.07, 6.45) is 1.33. The van der Waals surface area contributed by atoms with Crippen LogP contribution in [-0.4, -0.2) is 28.2 Å². The Morgan fingerprint density at radius 3 is 2.70 bits per heavy atom. The molecule has 0 atom stereocenters. The van der Waals surface area contributed by atoms with E-state index in [4.69, 9.17) is 10.2 Å². The van der Waals surface area contributed by atoms with Crippen LogP contribution in [0.5, 0.6) is 5.88 Å². The summed E-state index contributed by atoms with van der Waals surface area (Å²) in [7, 11) is 1.35. The Morgan fingerprint density at radius 1 is 1.26 bits per heavy atom. The van der Waals surface area contributed by atoms with Gasteiger partial charge in [0, 0.05) is 6.42 Å². The van der Waals surface area contributed by atoms with Gasteiger partial charge >= 0.3 is 5.97 Å². The maximum absolute atomic E-state index is 11.4. The molecule has 0 bridgehead atoms. The van der Waals surface area contributed by atoms with E-state index < -0.39 is 0 Å². The van der Waals surface area contributed by atoms with Crippen LogP contribution in [0.3, 0.4) is 0 Å². The molecule has 3 N–H and O–H groups in total. The van der Waals surface area contributed by atoms with E-state index in [1.807, 2.05) is 12.1 Å². The number of hydrogen-bond donors (Lipinski definition) is 2. The number of rotatable bonds is 4. The lowest BCUT2D eigenvalue weighted by molar-refractivity contribution is 0.0600. The Morgan fingerprint density at radius 2 is 2.00 bits per heavy atom.